The third-order valence-corrected chi connectivity index (χ3v) is 2.95. The van der Waals surface area contributed by atoms with Crippen LogP contribution in [0.1, 0.15) is 29.8 Å². The molecule has 1 unspecified atom stereocenters. The van der Waals surface area contributed by atoms with E-state index < -0.39 is 0 Å². The van der Waals surface area contributed by atoms with Crippen LogP contribution in [0.4, 0.5) is 5.69 Å². The first-order valence-corrected chi connectivity index (χ1v) is 5.91. The minimum atomic E-state index is 0.292. The van der Waals surface area contributed by atoms with Crippen molar-refractivity contribution in [1.82, 2.24) is 4.98 Å². The average Bonchev–Trinajstić information content (AvgIpc) is 2.32. The lowest BCUT2D eigenvalue weighted by molar-refractivity contribution is 0.872. The number of hydrogen-bond donors (Lipinski definition) is 1. The van der Waals surface area contributed by atoms with Gasteiger partial charge in [0.2, 0.25) is 0 Å². The number of benzene rings is 1. The number of aromatic nitrogens is 1. The van der Waals surface area contributed by atoms with Crippen LogP contribution in [0.2, 0.25) is 0 Å². The maximum atomic E-state index is 4.29. The quantitative estimate of drug-likeness (QED) is 0.859. The van der Waals surface area contributed by atoms with Gasteiger partial charge < -0.3 is 5.32 Å². The molecule has 2 rings (SSSR count). The third-order valence-electron chi connectivity index (χ3n) is 2.95. The van der Waals surface area contributed by atoms with Gasteiger partial charge in [-0.15, -0.1) is 0 Å². The highest BCUT2D eigenvalue weighted by Gasteiger charge is 2.07. The van der Waals surface area contributed by atoms with E-state index in [0.29, 0.717) is 6.04 Å². The van der Waals surface area contributed by atoms with Crippen LogP contribution in [0, 0.1) is 13.8 Å². The standard InChI is InChI=1S/C15H18N2/c1-11-6-4-5-7-15(11)13(3)17-14-9-8-12(2)16-10-14/h4-10,13,17H,1-3H3. The summed E-state index contributed by atoms with van der Waals surface area (Å²) in [5.74, 6) is 0. The highest BCUT2D eigenvalue weighted by molar-refractivity contribution is 5.44. The van der Waals surface area contributed by atoms with Gasteiger partial charge in [0.1, 0.15) is 0 Å². The molecule has 0 saturated carbocycles. The second-order valence-electron chi connectivity index (χ2n) is 4.41. The van der Waals surface area contributed by atoms with Crippen LogP contribution in [0.25, 0.3) is 0 Å². The van der Waals surface area contributed by atoms with E-state index in [1.807, 2.05) is 19.2 Å². The second-order valence-corrected chi connectivity index (χ2v) is 4.41. The lowest BCUT2D eigenvalue weighted by atomic mass is 10.0. The summed E-state index contributed by atoms with van der Waals surface area (Å²) < 4.78 is 0. The molecule has 88 valence electrons. The van der Waals surface area contributed by atoms with Crippen molar-refractivity contribution in [1.29, 1.82) is 0 Å². The van der Waals surface area contributed by atoms with Crippen LogP contribution in [0.3, 0.4) is 0 Å². The molecule has 0 aliphatic heterocycles. The van der Waals surface area contributed by atoms with Gasteiger partial charge in [0, 0.05) is 11.7 Å². The Labute approximate surface area is 103 Å². The van der Waals surface area contributed by atoms with Gasteiger partial charge in [0.25, 0.3) is 0 Å². The lowest BCUT2D eigenvalue weighted by Gasteiger charge is -2.17. The van der Waals surface area contributed by atoms with Gasteiger partial charge in [-0.1, -0.05) is 24.3 Å². The minimum Gasteiger partial charge on any atom is -0.377 e. The summed E-state index contributed by atoms with van der Waals surface area (Å²) in [6.07, 6.45) is 1.88. The normalized spacial score (nSPS) is 12.2. The number of hydrogen-bond acceptors (Lipinski definition) is 2. The van der Waals surface area contributed by atoms with Crippen molar-refractivity contribution < 1.29 is 0 Å². The van der Waals surface area contributed by atoms with Gasteiger partial charge >= 0.3 is 0 Å². The van der Waals surface area contributed by atoms with Crippen LogP contribution in [-0.2, 0) is 0 Å². The Morgan fingerprint density at radius 2 is 1.82 bits per heavy atom. The first-order chi connectivity index (χ1) is 8.16. The maximum absolute atomic E-state index is 4.29. The Morgan fingerprint density at radius 1 is 1.06 bits per heavy atom. The molecule has 0 spiro atoms. The molecular formula is C15H18N2. The average molecular weight is 226 g/mol. The summed E-state index contributed by atoms with van der Waals surface area (Å²) in [5.41, 5.74) is 4.74. The zero-order chi connectivity index (χ0) is 12.3. The molecule has 17 heavy (non-hydrogen) atoms. The van der Waals surface area contributed by atoms with Crippen LogP contribution >= 0.6 is 0 Å². The predicted octanol–water partition coefficient (Wildman–Crippen LogP) is 3.87. The van der Waals surface area contributed by atoms with Gasteiger partial charge in [-0.3, -0.25) is 4.98 Å². The molecule has 0 radical (unpaired) electrons. The molecule has 2 nitrogen and oxygen atoms in total. The molecule has 2 aromatic rings. The van der Waals surface area contributed by atoms with E-state index in [-0.39, 0.29) is 0 Å². The molecule has 0 aliphatic rings. The van der Waals surface area contributed by atoms with Crippen molar-refractivity contribution in [3.63, 3.8) is 0 Å². The molecule has 1 N–H and O–H groups in total. The number of nitrogens with one attached hydrogen (secondary N) is 1. The molecule has 0 aliphatic carbocycles. The number of nitrogens with zero attached hydrogens (tertiary/aromatic N) is 1. The zero-order valence-electron chi connectivity index (χ0n) is 10.6. The molecule has 0 saturated heterocycles. The van der Waals surface area contributed by atoms with Crippen LogP contribution < -0.4 is 5.32 Å². The van der Waals surface area contributed by atoms with E-state index >= 15 is 0 Å². The van der Waals surface area contributed by atoms with E-state index in [1.54, 1.807) is 0 Å². The molecule has 0 fully saturated rings. The van der Waals surface area contributed by atoms with Crippen LogP contribution in [-0.4, -0.2) is 4.98 Å². The molecule has 2 heteroatoms. The van der Waals surface area contributed by atoms with Crippen molar-refractivity contribution in [3.8, 4) is 0 Å². The van der Waals surface area contributed by atoms with E-state index in [1.165, 1.54) is 11.1 Å². The fourth-order valence-electron chi connectivity index (χ4n) is 1.95. The first-order valence-electron chi connectivity index (χ1n) is 5.91. The lowest BCUT2D eigenvalue weighted by Crippen LogP contribution is -2.08. The van der Waals surface area contributed by atoms with E-state index in [0.717, 1.165) is 11.4 Å². The van der Waals surface area contributed by atoms with Gasteiger partial charge in [-0.25, -0.2) is 0 Å². The van der Waals surface area contributed by atoms with E-state index in [2.05, 4.69) is 54.5 Å². The summed E-state index contributed by atoms with van der Waals surface area (Å²) >= 11 is 0. The summed E-state index contributed by atoms with van der Waals surface area (Å²) in [4.78, 5) is 4.29. The third kappa shape index (κ3) is 2.84. The van der Waals surface area contributed by atoms with Crippen molar-refractivity contribution in [2.45, 2.75) is 26.8 Å². The molecule has 0 amide bonds. The zero-order valence-corrected chi connectivity index (χ0v) is 10.6. The second kappa shape index (κ2) is 5.00. The summed E-state index contributed by atoms with van der Waals surface area (Å²) in [6, 6.07) is 12.8. The SMILES string of the molecule is Cc1ccc(NC(C)c2ccccc2C)cn1. The van der Waals surface area contributed by atoms with E-state index in [9.17, 15) is 0 Å². The topological polar surface area (TPSA) is 24.9 Å². The smallest absolute Gasteiger partial charge is 0.0531 e. The Morgan fingerprint density at radius 3 is 2.47 bits per heavy atom. The summed E-state index contributed by atoms with van der Waals surface area (Å²) in [7, 11) is 0. The Kier molecular flexibility index (Phi) is 3.43. The number of pyridine rings is 1. The molecule has 0 bridgehead atoms. The molecule has 1 aromatic carbocycles. The Bertz CT molecular complexity index is 489. The molecule has 1 atom stereocenters. The van der Waals surface area contributed by atoms with Gasteiger partial charge in [-0.05, 0) is 44.0 Å². The first kappa shape index (κ1) is 11.6. The van der Waals surface area contributed by atoms with Crippen molar-refractivity contribution >= 4 is 5.69 Å². The monoisotopic (exact) mass is 226 g/mol. The molecule has 1 aromatic heterocycles. The highest BCUT2D eigenvalue weighted by atomic mass is 14.9. The fraction of sp³-hybridized carbons (Fsp3) is 0.267. The number of rotatable bonds is 3. The van der Waals surface area contributed by atoms with Crippen molar-refractivity contribution in [2.24, 2.45) is 0 Å². The van der Waals surface area contributed by atoms with Crippen molar-refractivity contribution in [2.75, 3.05) is 5.32 Å². The largest absolute Gasteiger partial charge is 0.377 e. The van der Waals surface area contributed by atoms with E-state index in [4.69, 9.17) is 0 Å². The summed E-state index contributed by atoms with van der Waals surface area (Å²) in [6.45, 7) is 6.30. The Balaban J connectivity index is 2.14. The van der Waals surface area contributed by atoms with Gasteiger partial charge in [-0.2, -0.15) is 0 Å². The van der Waals surface area contributed by atoms with Crippen LogP contribution in [0.5, 0.6) is 0 Å². The Hall–Kier alpha value is -1.83. The molecular weight excluding hydrogens is 208 g/mol. The molecule has 1 heterocycles. The fourth-order valence-corrected chi connectivity index (χ4v) is 1.95. The highest BCUT2D eigenvalue weighted by Crippen LogP contribution is 2.21. The summed E-state index contributed by atoms with van der Waals surface area (Å²) in [5, 5.41) is 3.46. The number of aryl methyl sites for hydroxylation is 2. The maximum Gasteiger partial charge on any atom is 0.0531 e. The van der Waals surface area contributed by atoms with Gasteiger partial charge in [0.05, 0.1) is 11.9 Å². The van der Waals surface area contributed by atoms with Crippen molar-refractivity contribution in [3.05, 3.63) is 59.4 Å². The van der Waals surface area contributed by atoms with Gasteiger partial charge in [0.15, 0.2) is 0 Å². The minimum absolute atomic E-state index is 0.292. The number of anilines is 1. The predicted molar refractivity (Wildman–Crippen MR) is 72.2 cm³/mol. The van der Waals surface area contributed by atoms with Crippen LogP contribution in [0.15, 0.2) is 42.6 Å².